The number of amides is 1. The average molecular weight is 287 g/mol. The predicted molar refractivity (Wildman–Crippen MR) is 74.9 cm³/mol. The Hall–Kier alpha value is -2.96. The Morgan fingerprint density at radius 3 is 2.81 bits per heavy atom. The zero-order valence-electron chi connectivity index (χ0n) is 11.2. The minimum absolute atomic E-state index is 0.146. The van der Waals surface area contributed by atoms with Crippen LogP contribution in [0.1, 0.15) is 21.7 Å². The van der Waals surface area contributed by atoms with Crippen LogP contribution in [0.25, 0.3) is 0 Å². The molecule has 7 nitrogen and oxygen atoms in total. The number of rotatable bonds is 4. The van der Waals surface area contributed by atoms with Crippen molar-refractivity contribution in [3.8, 4) is 5.75 Å². The number of aromatic nitrogens is 1. The number of nitrogens with zero attached hydrogens (tertiary/aromatic N) is 2. The lowest BCUT2D eigenvalue weighted by Gasteiger charge is -2.06. The van der Waals surface area contributed by atoms with Gasteiger partial charge in [-0.25, -0.2) is 0 Å². The summed E-state index contributed by atoms with van der Waals surface area (Å²) < 4.78 is 0. The molecule has 0 spiro atoms. The van der Waals surface area contributed by atoms with E-state index >= 15 is 0 Å². The fraction of sp³-hybridized carbons (Fsp3) is 0.143. The van der Waals surface area contributed by atoms with Gasteiger partial charge < -0.3 is 10.4 Å². The van der Waals surface area contributed by atoms with E-state index in [9.17, 15) is 20.0 Å². The normalized spacial score (nSPS) is 10.1. The van der Waals surface area contributed by atoms with E-state index in [2.05, 4.69) is 10.3 Å². The first kappa shape index (κ1) is 14.4. The molecule has 1 amide bonds. The van der Waals surface area contributed by atoms with Crippen LogP contribution in [0, 0.1) is 17.0 Å². The SMILES string of the molecule is Cc1cccc(CNC(=O)c2cc(O)ccc2[N+](=O)[O-])n1. The Balaban J connectivity index is 2.17. The lowest BCUT2D eigenvalue weighted by molar-refractivity contribution is -0.385. The lowest BCUT2D eigenvalue weighted by Crippen LogP contribution is -2.24. The second kappa shape index (κ2) is 6.00. The molecule has 0 aliphatic rings. The maximum atomic E-state index is 12.0. The number of carbonyl (C=O) groups is 1. The minimum atomic E-state index is -0.667. The van der Waals surface area contributed by atoms with Crippen molar-refractivity contribution in [3.63, 3.8) is 0 Å². The fourth-order valence-corrected chi connectivity index (χ4v) is 1.83. The lowest BCUT2D eigenvalue weighted by atomic mass is 10.1. The highest BCUT2D eigenvalue weighted by molar-refractivity contribution is 5.98. The third-order valence-corrected chi connectivity index (χ3v) is 2.80. The number of nitro benzene ring substituents is 1. The van der Waals surface area contributed by atoms with Crippen molar-refractivity contribution in [2.24, 2.45) is 0 Å². The molecular formula is C14H13N3O4. The summed E-state index contributed by atoms with van der Waals surface area (Å²) in [6.07, 6.45) is 0. The van der Waals surface area contributed by atoms with Crippen molar-refractivity contribution in [2.75, 3.05) is 0 Å². The van der Waals surface area contributed by atoms with Gasteiger partial charge in [0.15, 0.2) is 0 Å². The van der Waals surface area contributed by atoms with Gasteiger partial charge in [0.25, 0.3) is 11.6 Å². The Kier molecular flexibility index (Phi) is 4.13. The average Bonchev–Trinajstić information content (AvgIpc) is 2.44. The highest BCUT2D eigenvalue weighted by Gasteiger charge is 2.20. The van der Waals surface area contributed by atoms with Crippen LogP contribution < -0.4 is 5.32 Å². The first-order chi connectivity index (χ1) is 9.97. The van der Waals surface area contributed by atoms with Gasteiger partial charge in [0.05, 0.1) is 17.2 Å². The summed E-state index contributed by atoms with van der Waals surface area (Å²) in [5.41, 5.74) is 0.909. The van der Waals surface area contributed by atoms with Crippen molar-refractivity contribution in [3.05, 3.63) is 63.5 Å². The molecule has 0 saturated heterocycles. The molecule has 2 aromatic rings. The molecule has 0 aliphatic heterocycles. The Labute approximate surface area is 120 Å². The zero-order valence-corrected chi connectivity index (χ0v) is 11.2. The van der Waals surface area contributed by atoms with Gasteiger partial charge in [0.2, 0.25) is 0 Å². The van der Waals surface area contributed by atoms with Gasteiger partial charge in [0, 0.05) is 11.8 Å². The largest absolute Gasteiger partial charge is 0.508 e. The van der Waals surface area contributed by atoms with E-state index in [1.54, 1.807) is 12.1 Å². The van der Waals surface area contributed by atoms with E-state index in [-0.39, 0.29) is 23.5 Å². The topological polar surface area (TPSA) is 105 Å². The van der Waals surface area contributed by atoms with Gasteiger partial charge in [-0.2, -0.15) is 0 Å². The number of phenolic OH excluding ortho intramolecular Hbond substituents is 1. The third kappa shape index (κ3) is 3.53. The summed E-state index contributed by atoms with van der Waals surface area (Å²) in [5, 5.41) is 22.8. The monoisotopic (exact) mass is 287 g/mol. The number of benzene rings is 1. The Bertz CT molecular complexity index is 700. The van der Waals surface area contributed by atoms with Gasteiger partial charge >= 0.3 is 0 Å². The van der Waals surface area contributed by atoms with Crippen molar-refractivity contribution in [1.82, 2.24) is 10.3 Å². The molecule has 0 atom stereocenters. The number of nitrogens with one attached hydrogen (secondary N) is 1. The number of phenols is 1. The second-order valence-electron chi connectivity index (χ2n) is 4.41. The van der Waals surface area contributed by atoms with Crippen molar-refractivity contribution in [2.45, 2.75) is 13.5 Å². The summed E-state index contributed by atoms with van der Waals surface area (Å²) >= 11 is 0. The van der Waals surface area contributed by atoms with Crippen molar-refractivity contribution >= 4 is 11.6 Å². The molecule has 0 saturated carbocycles. The van der Waals surface area contributed by atoms with Crippen LogP contribution in [0.3, 0.4) is 0 Å². The molecule has 21 heavy (non-hydrogen) atoms. The van der Waals surface area contributed by atoms with Crippen LogP contribution in [0.5, 0.6) is 5.75 Å². The highest BCUT2D eigenvalue weighted by atomic mass is 16.6. The van der Waals surface area contributed by atoms with Crippen LogP contribution in [0.4, 0.5) is 5.69 Å². The Morgan fingerprint density at radius 2 is 2.14 bits per heavy atom. The number of hydrogen-bond donors (Lipinski definition) is 2. The van der Waals surface area contributed by atoms with Gasteiger partial charge in [-0.1, -0.05) is 6.07 Å². The molecule has 2 rings (SSSR count). The summed E-state index contributed by atoms with van der Waals surface area (Å²) in [6.45, 7) is 1.97. The van der Waals surface area contributed by atoms with E-state index in [4.69, 9.17) is 0 Å². The van der Waals surface area contributed by atoms with E-state index in [0.29, 0.717) is 5.69 Å². The maximum Gasteiger partial charge on any atom is 0.282 e. The van der Waals surface area contributed by atoms with Gasteiger partial charge in [-0.15, -0.1) is 0 Å². The van der Waals surface area contributed by atoms with Crippen LogP contribution in [0.2, 0.25) is 0 Å². The summed E-state index contributed by atoms with van der Waals surface area (Å²) in [5.74, 6) is -0.847. The molecule has 1 aromatic carbocycles. The van der Waals surface area contributed by atoms with Crippen LogP contribution in [0.15, 0.2) is 36.4 Å². The number of hydrogen-bond acceptors (Lipinski definition) is 5. The van der Waals surface area contributed by atoms with Crippen molar-refractivity contribution in [1.29, 1.82) is 0 Å². The smallest absolute Gasteiger partial charge is 0.282 e. The van der Waals surface area contributed by atoms with Gasteiger partial charge in [-0.3, -0.25) is 19.9 Å². The standard InChI is InChI=1S/C14H13N3O4/c1-9-3-2-4-10(16-9)8-15-14(19)12-7-11(18)5-6-13(12)17(20)21/h2-7,18H,8H2,1H3,(H,15,19). The molecule has 0 fully saturated rings. The predicted octanol–water partition coefficient (Wildman–Crippen LogP) is 1.93. The van der Waals surface area contributed by atoms with Gasteiger partial charge in [-0.05, 0) is 31.2 Å². The van der Waals surface area contributed by atoms with E-state index < -0.39 is 10.8 Å². The molecule has 0 radical (unpaired) electrons. The number of carbonyl (C=O) groups excluding carboxylic acids is 1. The molecule has 1 aromatic heterocycles. The minimum Gasteiger partial charge on any atom is -0.508 e. The number of pyridine rings is 1. The molecule has 1 heterocycles. The number of aromatic hydroxyl groups is 1. The number of nitro groups is 1. The quantitative estimate of drug-likeness (QED) is 0.660. The molecular weight excluding hydrogens is 274 g/mol. The first-order valence-electron chi connectivity index (χ1n) is 6.15. The second-order valence-corrected chi connectivity index (χ2v) is 4.41. The summed E-state index contributed by atoms with van der Waals surface area (Å²) in [4.78, 5) is 26.5. The zero-order chi connectivity index (χ0) is 15.4. The molecule has 0 bridgehead atoms. The number of aryl methyl sites for hydroxylation is 1. The van der Waals surface area contributed by atoms with Crippen LogP contribution in [-0.2, 0) is 6.54 Å². The van der Waals surface area contributed by atoms with E-state index in [1.165, 1.54) is 0 Å². The maximum absolute atomic E-state index is 12.0. The molecule has 0 aliphatic carbocycles. The highest BCUT2D eigenvalue weighted by Crippen LogP contribution is 2.23. The summed E-state index contributed by atoms with van der Waals surface area (Å²) in [7, 11) is 0. The first-order valence-corrected chi connectivity index (χ1v) is 6.15. The summed E-state index contributed by atoms with van der Waals surface area (Å²) in [6, 6.07) is 8.69. The van der Waals surface area contributed by atoms with Crippen LogP contribution in [-0.4, -0.2) is 20.9 Å². The molecule has 2 N–H and O–H groups in total. The van der Waals surface area contributed by atoms with E-state index in [0.717, 1.165) is 23.9 Å². The van der Waals surface area contributed by atoms with Crippen molar-refractivity contribution < 1.29 is 14.8 Å². The van der Waals surface area contributed by atoms with E-state index in [1.807, 2.05) is 13.0 Å². The molecule has 0 unspecified atom stereocenters. The third-order valence-electron chi connectivity index (χ3n) is 2.80. The van der Waals surface area contributed by atoms with Gasteiger partial charge in [0.1, 0.15) is 11.3 Å². The van der Waals surface area contributed by atoms with Crippen LogP contribution >= 0.6 is 0 Å². The fourth-order valence-electron chi connectivity index (χ4n) is 1.83. The molecule has 7 heteroatoms. The Morgan fingerprint density at radius 1 is 1.38 bits per heavy atom. The molecule has 108 valence electrons.